The van der Waals surface area contributed by atoms with E-state index in [0.717, 1.165) is 19.4 Å². The van der Waals surface area contributed by atoms with E-state index in [4.69, 9.17) is 11.6 Å². The third-order valence-electron chi connectivity index (χ3n) is 3.15. The molecular weight excluding hydrogens is 292 g/mol. The van der Waals surface area contributed by atoms with Crippen LogP contribution < -0.4 is 10.6 Å². The third kappa shape index (κ3) is 4.32. The van der Waals surface area contributed by atoms with Crippen LogP contribution in [0.15, 0.2) is 12.1 Å². The Morgan fingerprint density at radius 2 is 2.33 bits per heavy atom. The Balaban J connectivity index is 2.17. The minimum absolute atomic E-state index is 0.0799. The first-order chi connectivity index (χ1) is 10.1. The molecule has 0 aromatic carbocycles. The number of hydrogen-bond acceptors (Lipinski definition) is 4. The Labute approximate surface area is 128 Å². The molecule has 2 amide bonds. The summed E-state index contributed by atoms with van der Waals surface area (Å²) in [5.41, 5.74) is 0.448. The molecule has 7 heteroatoms. The molecule has 1 fully saturated rings. The number of carbonyl (C=O) groups excluding carboxylic acids is 2. The molecule has 2 N–H and O–H groups in total. The van der Waals surface area contributed by atoms with E-state index in [0.29, 0.717) is 24.5 Å². The molecule has 0 atom stereocenters. The van der Waals surface area contributed by atoms with Crippen molar-refractivity contribution in [3.8, 4) is 0 Å². The number of anilines is 1. The molecule has 0 bridgehead atoms. The average molecular weight is 311 g/mol. The summed E-state index contributed by atoms with van der Waals surface area (Å²) in [6.45, 7) is 4.03. The minimum atomic E-state index is -0.198. The molecule has 2 rings (SSSR count). The highest BCUT2D eigenvalue weighted by Gasteiger charge is 2.21. The maximum Gasteiger partial charge on any atom is 0.254 e. The molecule has 0 aliphatic carbocycles. The van der Waals surface area contributed by atoms with Crippen LogP contribution in [-0.4, -0.2) is 47.9 Å². The number of carbonyl (C=O) groups is 2. The molecule has 0 unspecified atom stereocenters. The zero-order chi connectivity index (χ0) is 15.2. The molecule has 1 aromatic rings. The Hall–Kier alpha value is -1.82. The molecule has 0 saturated carbocycles. The number of halogens is 1. The zero-order valence-electron chi connectivity index (χ0n) is 12.0. The summed E-state index contributed by atoms with van der Waals surface area (Å²) in [6.07, 6.45) is 1.70. The summed E-state index contributed by atoms with van der Waals surface area (Å²) >= 11 is 5.97. The summed E-state index contributed by atoms with van der Waals surface area (Å²) in [5.74, 6) is 0.244. The first-order valence-corrected chi connectivity index (χ1v) is 7.45. The standard InChI is InChI=1S/C14H19ClN4O2/c1-2-4-16-12-8-10(7-11(15)18-12)14(21)19-6-3-5-17-13(20)9-19/h7-8H,2-6,9H2,1H3,(H,16,18)(H,17,20). The van der Waals surface area contributed by atoms with Crippen LogP contribution in [-0.2, 0) is 4.79 Å². The summed E-state index contributed by atoms with van der Waals surface area (Å²) in [7, 11) is 0. The summed E-state index contributed by atoms with van der Waals surface area (Å²) in [6, 6.07) is 3.20. The third-order valence-corrected chi connectivity index (χ3v) is 3.34. The lowest BCUT2D eigenvalue weighted by Gasteiger charge is -2.19. The van der Waals surface area contributed by atoms with E-state index in [1.807, 2.05) is 6.92 Å². The number of rotatable bonds is 4. The van der Waals surface area contributed by atoms with Gasteiger partial charge >= 0.3 is 0 Å². The second-order valence-corrected chi connectivity index (χ2v) is 5.31. The lowest BCUT2D eigenvalue weighted by Crippen LogP contribution is -2.37. The van der Waals surface area contributed by atoms with Gasteiger partial charge in [-0.3, -0.25) is 9.59 Å². The van der Waals surface area contributed by atoms with E-state index >= 15 is 0 Å². The van der Waals surface area contributed by atoms with Crippen molar-refractivity contribution < 1.29 is 9.59 Å². The number of hydrogen-bond donors (Lipinski definition) is 2. The molecule has 6 nitrogen and oxygen atoms in total. The van der Waals surface area contributed by atoms with Crippen molar-refractivity contribution >= 4 is 29.2 Å². The molecule has 1 saturated heterocycles. The van der Waals surface area contributed by atoms with Crippen molar-refractivity contribution in [2.24, 2.45) is 0 Å². The Morgan fingerprint density at radius 1 is 1.52 bits per heavy atom. The van der Waals surface area contributed by atoms with Crippen molar-refractivity contribution in [1.82, 2.24) is 15.2 Å². The number of pyridine rings is 1. The van der Waals surface area contributed by atoms with E-state index in [1.54, 1.807) is 6.07 Å². The van der Waals surface area contributed by atoms with Gasteiger partial charge in [-0.15, -0.1) is 0 Å². The quantitative estimate of drug-likeness (QED) is 0.827. The highest BCUT2D eigenvalue weighted by Crippen LogP contribution is 2.17. The predicted molar refractivity (Wildman–Crippen MR) is 81.6 cm³/mol. The topological polar surface area (TPSA) is 74.3 Å². The van der Waals surface area contributed by atoms with Gasteiger partial charge in [-0.05, 0) is 25.0 Å². The second kappa shape index (κ2) is 7.26. The second-order valence-electron chi connectivity index (χ2n) is 4.92. The van der Waals surface area contributed by atoms with Crippen molar-refractivity contribution in [1.29, 1.82) is 0 Å². The Kier molecular flexibility index (Phi) is 5.38. The van der Waals surface area contributed by atoms with Gasteiger partial charge in [0.2, 0.25) is 5.91 Å². The van der Waals surface area contributed by atoms with Crippen LogP contribution in [0.25, 0.3) is 0 Å². The van der Waals surface area contributed by atoms with Crippen LogP contribution in [0, 0.1) is 0 Å². The number of nitrogens with one attached hydrogen (secondary N) is 2. The average Bonchev–Trinajstić information content (AvgIpc) is 2.68. The zero-order valence-corrected chi connectivity index (χ0v) is 12.7. The lowest BCUT2D eigenvalue weighted by molar-refractivity contribution is -0.121. The normalized spacial score (nSPS) is 15.3. The number of aromatic nitrogens is 1. The van der Waals surface area contributed by atoms with Gasteiger partial charge in [0.05, 0.1) is 6.54 Å². The maximum absolute atomic E-state index is 12.5. The summed E-state index contributed by atoms with van der Waals surface area (Å²) in [4.78, 5) is 29.7. The minimum Gasteiger partial charge on any atom is -0.370 e. The maximum atomic E-state index is 12.5. The fraction of sp³-hybridized carbons (Fsp3) is 0.500. The van der Waals surface area contributed by atoms with Gasteiger partial charge in [0, 0.05) is 25.2 Å². The molecular formula is C14H19ClN4O2. The molecule has 114 valence electrons. The van der Waals surface area contributed by atoms with Gasteiger partial charge in [-0.2, -0.15) is 0 Å². The van der Waals surface area contributed by atoms with Crippen molar-refractivity contribution in [2.45, 2.75) is 19.8 Å². The first-order valence-electron chi connectivity index (χ1n) is 7.07. The van der Waals surface area contributed by atoms with Gasteiger partial charge in [0.15, 0.2) is 0 Å². The van der Waals surface area contributed by atoms with E-state index in [9.17, 15) is 9.59 Å². The number of amides is 2. The van der Waals surface area contributed by atoms with Gasteiger partial charge < -0.3 is 15.5 Å². The van der Waals surface area contributed by atoms with Crippen molar-refractivity contribution in [2.75, 3.05) is 31.5 Å². The summed E-state index contributed by atoms with van der Waals surface area (Å²) < 4.78 is 0. The SMILES string of the molecule is CCCNc1cc(C(=O)N2CCCNC(=O)C2)cc(Cl)n1. The van der Waals surface area contributed by atoms with Crippen LogP contribution in [0.4, 0.5) is 5.82 Å². The molecule has 0 radical (unpaired) electrons. The Morgan fingerprint density at radius 3 is 3.10 bits per heavy atom. The van der Waals surface area contributed by atoms with Crippen LogP contribution >= 0.6 is 11.6 Å². The lowest BCUT2D eigenvalue weighted by atomic mass is 10.2. The fourth-order valence-electron chi connectivity index (χ4n) is 2.13. The fourth-order valence-corrected chi connectivity index (χ4v) is 2.33. The van der Waals surface area contributed by atoms with Gasteiger partial charge in [-0.25, -0.2) is 4.98 Å². The molecule has 21 heavy (non-hydrogen) atoms. The van der Waals surface area contributed by atoms with Gasteiger partial charge in [0.25, 0.3) is 5.91 Å². The van der Waals surface area contributed by atoms with Gasteiger partial charge in [-0.1, -0.05) is 18.5 Å². The molecule has 1 aliphatic rings. The van der Waals surface area contributed by atoms with Crippen LogP contribution in [0.3, 0.4) is 0 Å². The monoisotopic (exact) mass is 310 g/mol. The largest absolute Gasteiger partial charge is 0.370 e. The Bertz CT molecular complexity index is 536. The van der Waals surface area contributed by atoms with E-state index in [2.05, 4.69) is 15.6 Å². The molecule has 1 aromatic heterocycles. The van der Waals surface area contributed by atoms with E-state index < -0.39 is 0 Å². The van der Waals surface area contributed by atoms with Crippen LogP contribution in [0.5, 0.6) is 0 Å². The van der Waals surface area contributed by atoms with Gasteiger partial charge in [0.1, 0.15) is 11.0 Å². The van der Waals surface area contributed by atoms with Crippen molar-refractivity contribution in [3.05, 3.63) is 22.8 Å². The molecule has 2 heterocycles. The first kappa shape index (κ1) is 15.6. The van der Waals surface area contributed by atoms with E-state index in [1.165, 1.54) is 11.0 Å². The molecule has 1 aliphatic heterocycles. The number of nitrogens with zero attached hydrogens (tertiary/aromatic N) is 2. The summed E-state index contributed by atoms with van der Waals surface area (Å²) in [5, 5.41) is 6.12. The van der Waals surface area contributed by atoms with E-state index in [-0.39, 0.29) is 23.5 Å². The predicted octanol–water partition coefficient (Wildman–Crippen LogP) is 1.52. The van der Waals surface area contributed by atoms with Crippen LogP contribution in [0.2, 0.25) is 5.15 Å². The highest BCUT2D eigenvalue weighted by molar-refractivity contribution is 6.29. The highest BCUT2D eigenvalue weighted by atomic mass is 35.5. The van der Waals surface area contributed by atoms with Crippen LogP contribution in [0.1, 0.15) is 30.1 Å². The van der Waals surface area contributed by atoms with Crippen molar-refractivity contribution in [3.63, 3.8) is 0 Å². The molecule has 0 spiro atoms. The smallest absolute Gasteiger partial charge is 0.254 e.